The van der Waals surface area contributed by atoms with Gasteiger partial charge in [-0.3, -0.25) is 13.4 Å². The highest BCUT2D eigenvalue weighted by Crippen LogP contribution is 2.50. The Labute approximate surface area is 197 Å². The van der Waals surface area contributed by atoms with Crippen molar-refractivity contribution in [1.29, 1.82) is 5.26 Å². The fraction of sp³-hybridized carbons (Fsp3) is 0.409. The monoisotopic (exact) mass is 487 g/mol. The molecule has 0 bridgehead atoms. The van der Waals surface area contributed by atoms with Gasteiger partial charge in [0.25, 0.3) is 0 Å². The zero-order valence-corrected chi connectivity index (χ0v) is 19.2. The molecule has 0 atom stereocenters. The molecule has 5 N–H and O–H groups in total. The van der Waals surface area contributed by atoms with Gasteiger partial charge in [0.1, 0.15) is 23.4 Å². The van der Waals surface area contributed by atoms with Gasteiger partial charge >= 0.3 is 0 Å². The quantitative estimate of drug-likeness (QED) is 0.350. The molecule has 12 heteroatoms. The van der Waals surface area contributed by atoms with Crippen LogP contribution in [0.1, 0.15) is 31.2 Å². The van der Waals surface area contributed by atoms with Crippen molar-refractivity contribution in [3.05, 3.63) is 35.8 Å². The lowest BCUT2D eigenvalue weighted by Gasteiger charge is -2.47. The van der Waals surface area contributed by atoms with Crippen molar-refractivity contribution in [1.82, 2.24) is 15.0 Å². The number of nitrogens with one attached hydrogen (secondary N) is 3. The molecule has 0 aliphatic carbocycles. The van der Waals surface area contributed by atoms with Gasteiger partial charge in [0.05, 0.1) is 22.4 Å². The van der Waals surface area contributed by atoms with E-state index in [1.54, 1.807) is 12.3 Å². The molecule has 3 aromatic rings. The van der Waals surface area contributed by atoms with Gasteiger partial charge in [0.2, 0.25) is 5.95 Å². The Morgan fingerprint density at radius 3 is 2.79 bits per heavy atom. The number of aromatic nitrogens is 3. The lowest BCUT2D eigenvalue weighted by Crippen LogP contribution is -2.34. The molecular weight excluding hydrogens is 461 g/mol. The van der Waals surface area contributed by atoms with E-state index in [1.165, 1.54) is 16.4 Å². The minimum atomic E-state index is -3.01. The second-order valence-corrected chi connectivity index (χ2v) is 10.5. The third kappa shape index (κ3) is 4.47. The first-order chi connectivity index (χ1) is 16.4. The van der Waals surface area contributed by atoms with Gasteiger partial charge in [-0.2, -0.15) is 15.2 Å². The van der Waals surface area contributed by atoms with E-state index in [1.807, 2.05) is 0 Å². The Bertz CT molecular complexity index is 1240. The molecule has 2 aromatic heterocycles. The summed E-state index contributed by atoms with van der Waals surface area (Å²) < 4.78 is 42.4. The number of benzene rings is 1. The Kier molecular flexibility index (Phi) is 6.18. The predicted octanol–water partition coefficient (Wildman–Crippen LogP) is 4.57. The summed E-state index contributed by atoms with van der Waals surface area (Å²) in [5.74, 6) is 0.434. The van der Waals surface area contributed by atoms with Crippen LogP contribution in [0.5, 0.6) is 0 Å². The maximum atomic E-state index is 15.0. The standard InChI is InChI=1S/C22H26FN7O3S/c23-17-11-16(3-4-18(17)30-7-1-2-10-34(30,31)32)27-22-28-20-19(14(12-24)13-25-20)21(29-22)26-15-5-8-33-9-6-15/h3-4,11,13,15,31-32H,1-2,5-10H2,(H3,25,26,27,28,29). The molecular formula is C22H26FN7O3S. The third-order valence-corrected chi connectivity index (χ3v) is 7.99. The Balaban J connectivity index is 1.43. The molecule has 0 saturated carbocycles. The number of aromatic amines is 1. The molecule has 0 amide bonds. The third-order valence-electron chi connectivity index (χ3n) is 6.07. The number of anilines is 4. The fourth-order valence-electron chi connectivity index (χ4n) is 4.32. The number of hydrogen-bond acceptors (Lipinski definition) is 9. The summed E-state index contributed by atoms with van der Waals surface area (Å²) in [6.07, 6.45) is 4.71. The SMILES string of the molecule is N#Cc1c[nH]c2nc(Nc3ccc(N4CCCCS4(O)O)c(F)c3)nc(NC3CCOCC3)c12. The highest BCUT2D eigenvalue weighted by atomic mass is 32.3. The average Bonchev–Trinajstić information content (AvgIpc) is 3.24. The highest BCUT2D eigenvalue weighted by molar-refractivity contribution is 8.25. The van der Waals surface area contributed by atoms with Crippen LogP contribution in [0.3, 0.4) is 0 Å². The lowest BCUT2D eigenvalue weighted by molar-refractivity contribution is 0.0904. The van der Waals surface area contributed by atoms with Crippen LogP contribution >= 0.6 is 10.8 Å². The number of rotatable bonds is 5. The predicted molar refractivity (Wildman–Crippen MR) is 130 cm³/mol. The van der Waals surface area contributed by atoms with E-state index in [0.29, 0.717) is 54.3 Å². The molecule has 2 saturated heterocycles. The van der Waals surface area contributed by atoms with Gasteiger partial charge in [-0.1, -0.05) is 0 Å². The average molecular weight is 488 g/mol. The van der Waals surface area contributed by atoms with E-state index in [0.717, 1.165) is 19.3 Å². The highest BCUT2D eigenvalue weighted by Gasteiger charge is 2.29. The van der Waals surface area contributed by atoms with Gasteiger partial charge in [0.15, 0.2) is 0 Å². The number of H-pyrrole nitrogens is 1. The van der Waals surface area contributed by atoms with Crippen LogP contribution in [0.2, 0.25) is 0 Å². The Morgan fingerprint density at radius 1 is 1.24 bits per heavy atom. The van der Waals surface area contributed by atoms with E-state index in [9.17, 15) is 18.8 Å². The van der Waals surface area contributed by atoms with Crippen LogP contribution in [0.15, 0.2) is 24.4 Å². The molecule has 2 aliphatic heterocycles. The smallest absolute Gasteiger partial charge is 0.231 e. The van der Waals surface area contributed by atoms with Crippen LogP contribution in [-0.4, -0.2) is 55.6 Å². The van der Waals surface area contributed by atoms with Crippen LogP contribution < -0.4 is 14.9 Å². The number of fused-ring (bicyclic) bond motifs is 1. The number of nitriles is 1. The summed E-state index contributed by atoms with van der Waals surface area (Å²) in [7, 11) is -3.01. The summed E-state index contributed by atoms with van der Waals surface area (Å²) in [5.41, 5.74) is 1.50. The van der Waals surface area contributed by atoms with Crippen LogP contribution in [-0.2, 0) is 4.74 Å². The zero-order valence-electron chi connectivity index (χ0n) is 18.4. The van der Waals surface area contributed by atoms with Crippen LogP contribution in [0.25, 0.3) is 11.0 Å². The van der Waals surface area contributed by atoms with Crippen LogP contribution in [0, 0.1) is 17.1 Å². The van der Waals surface area contributed by atoms with Crippen molar-refractivity contribution in [2.45, 2.75) is 31.7 Å². The van der Waals surface area contributed by atoms with E-state index in [-0.39, 0.29) is 23.4 Å². The lowest BCUT2D eigenvalue weighted by atomic mass is 10.1. The first-order valence-corrected chi connectivity index (χ1v) is 12.9. The maximum Gasteiger partial charge on any atom is 0.231 e. The number of nitrogens with zero attached hydrogens (tertiary/aromatic N) is 4. The summed E-state index contributed by atoms with van der Waals surface area (Å²) >= 11 is 0. The Morgan fingerprint density at radius 2 is 2.06 bits per heavy atom. The van der Waals surface area contributed by atoms with Gasteiger partial charge in [-0.05, 0) is 43.9 Å². The van der Waals surface area contributed by atoms with E-state index < -0.39 is 16.6 Å². The fourth-order valence-corrected chi connectivity index (χ4v) is 6.01. The summed E-state index contributed by atoms with van der Waals surface area (Å²) in [6.45, 7) is 1.70. The molecule has 10 nitrogen and oxygen atoms in total. The van der Waals surface area contributed by atoms with E-state index >= 15 is 0 Å². The molecule has 5 rings (SSSR count). The maximum absolute atomic E-state index is 15.0. The van der Waals surface area contributed by atoms with Gasteiger partial charge < -0.3 is 20.4 Å². The normalized spacial score (nSPS) is 19.5. The summed E-state index contributed by atoms with van der Waals surface area (Å²) in [4.78, 5) is 12.0. The molecule has 1 aromatic carbocycles. The number of halogens is 1. The van der Waals surface area contributed by atoms with Crippen molar-refractivity contribution in [2.75, 3.05) is 40.5 Å². The van der Waals surface area contributed by atoms with Crippen molar-refractivity contribution in [3.8, 4) is 6.07 Å². The zero-order chi connectivity index (χ0) is 23.7. The van der Waals surface area contributed by atoms with Gasteiger partial charge in [-0.15, -0.1) is 10.8 Å². The van der Waals surface area contributed by atoms with Crippen molar-refractivity contribution in [2.24, 2.45) is 0 Å². The van der Waals surface area contributed by atoms with Crippen molar-refractivity contribution >= 4 is 45.0 Å². The topological polar surface area (TPSA) is 142 Å². The second kappa shape index (κ2) is 9.27. The first-order valence-electron chi connectivity index (χ1n) is 11.2. The number of ether oxygens (including phenoxy) is 1. The van der Waals surface area contributed by atoms with Gasteiger partial charge in [-0.25, -0.2) is 4.39 Å². The van der Waals surface area contributed by atoms with Crippen molar-refractivity contribution in [3.63, 3.8) is 0 Å². The van der Waals surface area contributed by atoms with E-state index in [2.05, 4.69) is 31.7 Å². The second-order valence-electron chi connectivity index (χ2n) is 8.40. The molecule has 34 heavy (non-hydrogen) atoms. The molecule has 2 fully saturated rings. The molecule has 4 heterocycles. The van der Waals surface area contributed by atoms with E-state index in [4.69, 9.17) is 4.74 Å². The van der Waals surface area contributed by atoms with Gasteiger partial charge in [0, 0.05) is 37.7 Å². The molecule has 0 unspecified atom stereocenters. The minimum absolute atomic E-state index is 0.155. The first kappa shape index (κ1) is 22.7. The summed E-state index contributed by atoms with van der Waals surface area (Å²) in [5, 5.41) is 16.5. The Hall–Kier alpha value is -3.11. The molecule has 0 spiro atoms. The number of hydrogen-bond donors (Lipinski definition) is 5. The summed E-state index contributed by atoms with van der Waals surface area (Å²) in [6, 6.07) is 6.78. The molecule has 0 radical (unpaired) electrons. The minimum Gasteiger partial charge on any atom is -0.381 e. The largest absolute Gasteiger partial charge is 0.381 e. The van der Waals surface area contributed by atoms with Crippen molar-refractivity contribution < 1.29 is 18.2 Å². The molecule has 180 valence electrons. The van der Waals surface area contributed by atoms with Crippen LogP contribution in [0.4, 0.5) is 27.5 Å². The molecule has 2 aliphatic rings.